The van der Waals surface area contributed by atoms with Crippen LogP contribution >= 0.6 is 0 Å². The highest BCUT2D eigenvalue weighted by molar-refractivity contribution is 5.99. The second-order valence-electron chi connectivity index (χ2n) is 8.47. The Labute approximate surface area is 176 Å². The molecule has 3 saturated heterocycles. The maximum atomic E-state index is 13.3. The summed E-state index contributed by atoms with van der Waals surface area (Å²) >= 11 is 0. The van der Waals surface area contributed by atoms with Gasteiger partial charge in [0, 0.05) is 13.1 Å². The van der Waals surface area contributed by atoms with Gasteiger partial charge >= 0.3 is 0 Å². The lowest BCUT2D eigenvalue weighted by Gasteiger charge is -2.41. The first-order valence-corrected chi connectivity index (χ1v) is 10.9. The van der Waals surface area contributed by atoms with Gasteiger partial charge in [0.05, 0.1) is 12.0 Å². The fraction of sp³-hybridized carbons (Fsp3) is 0.591. The molecule has 3 aliphatic heterocycles. The van der Waals surface area contributed by atoms with Crippen LogP contribution in [-0.4, -0.2) is 64.3 Å². The lowest BCUT2D eigenvalue weighted by molar-refractivity contribution is -0.159. The monoisotopic (exact) mass is 414 g/mol. The van der Waals surface area contributed by atoms with E-state index in [1.165, 1.54) is 0 Å². The van der Waals surface area contributed by atoms with Crippen LogP contribution in [0.2, 0.25) is 0 Å². The molecular formula is C22H30N4O4. The van der Waals surface area contributed by atoms with E-state index in [9.17, 15) is 19.5 Å². The summed E-state index contributed by atoms with van der Waals surface area (Å²) in [5.74, 6) is -0.609. The smallest absolute Gasteiger partial charge is 0.246 e. The maximum absolute atomic E-state index is 13.3. The number of nitrogens with one attached hydrogen (secondary N) is 1. The molecule has 162 valence electrons. The number of fused-ring (bicyclic) bond motifs is 2. The van der Waals surface area contributed by atoms with Gasteiger partial charge in [-0.15, -0.1) is 0 Å². The average Bonchev–Trinajstić information content (AvgIpc) is 3.38. The van der Waals surface area contributed by atoms with E-state index in [4.69, 9.17) is 5.73 Å². The van der Waals surface area contributed by atoms with Gasteiger partial charge < -0.3 is 26.0 Å². The summed E-state index contributed by atoms with van der Waals surface area (Å²) in [7, 11) is 0. The highest BCUT2D eigenvalue weighted by Crippen LogP contribution is 2.46. The number of hydrogen-bond donors (Lipinski definition) is 3. The van der Waals surface area contributed by atoms with Crippen LogP contribution in [0.3, 0.4) is 0 Å². The van der Waals surface area contributed by atoms with E-state index in [0.29, 0.717) is 32.5 Å². The first-order valence-electron chi connectivity index (χ1n) is 10.9. The topological polar surface area (TPSA) is 116 Å². The van der Waals surface area contributed by atoms with Crippen molar-refractivity contribution in [1.82, 2.24) is 15.1 Å². The molecule has 0 unspecified atom stereocenters. The second kappa shape index (κ2) is 8.63. The van der Waals surface area contributed by atoms with Crippen molar-refractivity contribution in [3.05, 3.63) is 29.8 Å². The van der Waals surface area contributed by atoms with Gasteiger partial charge in [-0.05, 0) is 56.3 Å². The number of nitrogens with zero attached hydrogens (tertiary/aromatic N) is 2. The van der Waals surface area contributed by atoms with Crippen molar-refractivity contribution < 1.29 is 19.5 Å². The number of carbonyl (C=O) groups excluding carboxylic acids is 3. The van der Waals surface area contributed by atoms with E-state index >= 15 is 0 Å². The molecule has 0 spiro atoms. The predicted molar refractivity (Wildman–Crippen MR) is 110 cm³/mol. The Balaban J connectivity index is 1.59. The number of rotatable bonds is 7. The molecule has 3 amide bonds. The van der Waals surface area contributed by atoms with Crippen molar-refractivity contribution >= 4 is 17.7 Å². The summed E-state index contributed by atoms with van der Waals surface area (Å²) in [6.07, 6.45) is 4.55. The van der Waals surface area contributed by atoms with Crippen molar-refractivity contribution in [3.8, 4) is 5.75 Å². The number of hydrogen-bond acceptors (Lipinski definition) is 5. The van der Waals surface area contributed by atoms with Gasteiger partial charge in [-0.25, -0.2) is 0 Å². The van der Waals surface area contributed by atoms with E-state index in [2.05, 4.69) is 5.32 Å². The first kappa shape index (κ1) is 20.7. The second-order valence-corrected chi connectivity index (χ2v) is 8.47. The van der Waals surface area contributed by atoms with Crippen LogP contribution in [0.4, 0.5) is 0 Å². The predicted octanol–water partition coefficient (Wildman–Crippen LogP) is 0.900. The number of aromatic hydroxyl groups is 1. The van der Waals surface area contributed by atoms with E-state index in [1.54, 1.807) is 34.1 Å². The molecule has 30 heavy (non-hydrogen) atoms. The van der Waals surface area contributed by atoms with E-state index in [1.807, 2.05) is 0 Å². The molecule has 8 heteroatoms. The molecule has 1 aromatic rings. The van der Waals surface area contributed by atoms with Crippen molar-refractivity contribution in [2.75, 3.05) is 19.6 Å². The van der Waals surface area contributed by atoms with Crippen LogP contribution in [0.15, 0.2) is 24.3 Å². The zero-order valence-electron chi connectivity index (χ0n) is 17.1. The Bertz CT molecular complexity index is 812. The summed E-state index contributed by atoms with van der Waals surface area (Å²) in [5.41, 5.74) is 6.29. The SMILES string of the molecule is NCCCCCNC(=O)[C@@H]1C[C@@H]2C(=O)N3CCC[C@H]3C(=O)N2[C@@H]1c1ccc(O)cc1. The van der Waals surface area contributed by atoms with Crippen LogP contribution in [-0.2, 0) is 14.4 Å². The zero-order chi connectivity index (χ0) is 21.3. The summed E-state index contributed by atoms with van der Waals surface area (Å²) in [5, 5.41) is 12.7. The van der Waals surface area contributed by atoms with Gasteiger partial charge in [-0.2, -0.15) is 0 Å². The van der Waals surface area contributed by atoms with E-state index in [-0.39, 0.29) is 23.5 Å². The number of benzene rings is 1. The summed E-state index contributed by atoms with van der Waals surface area (Å²) in [4.78, 5) is 42.9. The molecule has 4 rings (SSSR count). The van der Waals surface area contributed by atoms with Gasteiger partial charge in [0.25, 0.3) is 0 Å². The van der Waals surface area contributed by atoms with Gasteiger partial charge in [0.1, 0.15) is 17.8 Å². The number of carbonyl (C=O) groups is 3. The lowest BCUT2D eigenvalue weighted by atomic mass is 9.92. The van der Waals surface area contributed by atoms with Crippen LogP contribution in [0.25, 0.3) is 0 Å². The average molecular weight is 415 g/mol. The van der Waals surface area contributed by atoms with Crippen molar-refractivity contribution in [2.45, 2.75) is 56.7 Å². The fourth-order valence-electron chi connectivity index (χ4n) is 5.14. The molecule has 1 aromatic carbocycles. The standard InChI is InChI=1S/C22H30N4O4/c23-10-2-1-3-11-24-20(28)16-13-18-21(29)25-12-4-5-17(25)22(30)26(18)19(16)14-6-8-15(27)9-7-14/h6-9,16-19,27H,1-5,10-13,23H2,(H,24,28)/t16-,17+,18-,19-/m1/s1. The first-order chi connectivity index (χ1) is 14.5. The highest BCUT2D eigenvalue weighted by atomic mass is 16.3. The normalized spacial score (nSPS) is 27.9. The van der Waals surface area contributed by atoms with E-state index in [0.717, 1.165) is 31.2 Å². The minimum absolute atomic E-state index is 0.0425. The van der Waals surface area contributed by atoms with Gasteiger partial charge in [-0.3, -0.25) is 14.4 Å². The number of unbranched alkanes of at least 4 members (excludes halogenated alkanes) is 2. The molecular weight excluding hydrogens is 384 g/mol. The molecule has 4 atom stereocenters. The Morgan fingerprint density at radius 3 is 2.60 bits per heavy atom. The lowest BCUT2D eigenvalue weighted by Crippen LogP contribution is -2.60. The molecule has 4 N–H and O–H groups in total. The Morgan fingerprint density at radius 1 is 1.10 bits per heavy atom. The molecule has 3 heterocycles. The molecule has 0 radical (unpaired) electrons. The zero-order valence-corrected chi connectivity index (χ0v) is 17.1. The highest BCUT2D eigenvalue weighted by Gasteiger charge is 2.57. The number of phenolic OH excluding ortho intramolecular Hbond substituents is 1. The quantitative estimate of drug-likeness (QED) is 0.574. The third-order valence-corrected chi connectivity index (χ3v) is 6.61. The summed E-state index contributed by atoms with van der Waals surface area (Å²) in [6.45, 7) is 1.80. The number of phenols is 1. The van der Waals surface area contributed by atoms with Gasteiger partial charge in [0.2, 0.25) is 17.7 Å². The van der Waals surface area contributed by atoms with Crippen LogP contribution < -0.4 is 11.1 Å². The molecule has 0 bridgehead atoms. The molecule has 8 nitrogen and oxygen atoms in total. The van der Waals surface area contributed by atoms with Crippen molar-refractivity contribution in [1.29, 1.82) is 0 Å². The molecule has 3 aliphatic rings. The van der Waals surface area contributed by atoms with Crippen molar-refractivity contribution in [3.63, 3.8) is 0 Å². The Kier molecular flexibility index (Phi) is 5.94. The minimum Gasteiger partial charge on any atom is -0.508 e. The third-order valence-electron chi connectivity index (χ3n) is 6.61. The number of piperazine rings is 1. The minimum atomic E-state index is -0.598. The Hall–Kier alpha value is -2.61. The van der Waals surface area contributed by atoms with Gasteiger partial charge in [-0.1, -0.05) is 18.6 Å². The molecule has 0 aromatic heterocycles. The largest absolute Gasteiger partial charge is 0.508 e. The molecule has 3 fully saturated rings. The summed E-state index contributed by atoms with van der Waals surface area (Å²) in [6, 6.07) is 5.08. The number of amides is 3. The maximum Gasteiger partial charge on any atom is 0.246 e. The van der Waals surface area contributed by atoms with Gasteiger partial charge in [0.15, 0.2) is 0 Å². The van der Waals surface area contributed by atoms with Crippen LogP contribution in [0, 0.1) is 5.92 Å². The van der Waals surface area contributed by atoms with Crippen LogP contribution in [0.5, 0.6) is 5.75 Å². The fourth-order valence-corrected chi connectivity index (χ4v) is 5.14. The van der Waals surface area contributed by atoms with Crippen molar-refractivity contribution in [2.24, 2.45) is 11.7 Å². The number of nitrogens with two attached hydrogens (primary N) is 1. The Morgan fingerprint density at radius 2 is 1.87 bits per heavy atom. The summed E-state index contributed by atoms with van der Waals surface area (Å²) < 4.78 is 0. The molecule has 0 aliphatic carbocycles. The third kappa shape index (κ3) is 3.64. The van der Waals surface area contributed by atoms with E-state index < -0.39 is 24.0 Å². The molecule has 0 saturated carbocycles. The van der Waals surface area contributed by atoms with Crippen LogP contribution in [0.1, 0.15) is 50.1 Å².